The first-order valence-electron chi connectivity index (χ1n) is 8.54. The number of rotatable bonds is 7. The maximum Gasteiger partial charge on any atom is 0.261 e. The molecule has 1 aromatic heterocycles. The van der Waals surface area contributed by atoms with Gasteiger partial charge >= 0.3 is 0 Å². The predicted octanol–water partition coefficient (Wildman–Crippen LogP) is 2.35. The first-order chi connectivity index (χ1) is 13.3. The molecule has 0 aliphatic carbocycles. The molecule has 0 aliphatic heterocycles. The van der Waals surface area contributed by atoms with Crippen LogP contribution in [0.3, 0.4) is 0 Å². The Morgan fingerprint density at radius 3 is 2.46 bits per heavy atom. The van der Waals surface area contributed by atoms with E-state index >= 15 is 0 Å². The average Bonchev–Trinajstić information content (AvgIpc) is 2.69. The molecule has 0 spiro atoms. The third kappa shape index (κ3) is 4.21. The number of benzene rings is 2. The molecule has 0 unspecified atom stereocenters. The zero-order chi connectivity index (χ0) is 20.3. The third-order valence-corrected chi connectivity index (χ3v) is 6.95. The molecule has 0 saturated heterocycles. The highest BCUT2D eigenvalue weighted by atomic mass is 32.2. The largest absolute Gasteiger partial charge is 0.493 e. The Morgan fingerprint density at radius 1 is 1.11 bits per heavy atom. The summed E-state index contributed by atoms with van der Waals surface area (Å²) in [7, 11) is 1.24. The van der Waals surface area contributed by atoms with Crippen molar-refractivity contribution in [2.75, 3.05) is 26.5 Å². The second-order valence-electron chi connectivity index (χ2n) is 6.23. The highest BCUT2D eigenvalue weighted by molar-refractivity contribution is 7.99. The Labute approximate surface area is 168 Å². The molecule has 0 amide bonds. The number of para-hydroxylation sites is 1. The Kier molecular flexibility index (Phi) is 6.07. The minimum Gasteiger partial charge on any atom is -0.493 e. The SMILES string of the molecule is CN(C)S(=O)(=O)c1ccc(OCCSc2nc3ccccc3c(=O)n2C)cc1. The van der Waals surface area contributed by atoms with Crippen molar-refractivity contribution in [3.8, 4) is 5.75 Å². The van der Waals surface area contributed by atoms with Crippen LogP contribution in [0.4, 0.5) is 0 Å². The molecule has 1 heterocycles. The molecule has 9 heteroatoms. The molecule has 0 bridgehead atoms. The lowest BCUT2D eigenvalue weighted by Crippen LogP contribution is -2.22. The van der Waals surface area contributed by atoms with Gasteiger partial charge in [-0.05, 0) is 36.4 Å². The van der Waals surface area contributed by atoms with E-state index in [9.17, 15) is 13.2 Å². The van der Waals surface area contributed by atoms with Crippen LogP contribution in [0, 0.1) is 0 Å². The van der Waals surface area contributed by atoms with E-state index in [2.05, 4.69) is 4.98 Å². The van der Waals surface area contributed by atoms with E-state index in [-0.39, 0.29) is 10.5 Å². The van der Waals surface area contributed by atoms with Gasteiger partial charge in [-0.25, -0.2) is 17.7 Å². The van der Waals surface area contributed by atoms with Crippen LogP contribution in [0.5, 0.6) is 5.75 Å². The molecule has 3 rings (SSSR count). The number of nitrogens with zero attached hydrogens (tertiary/aromatic N) is 3. The van der Waals surface area contributed by atoms with Crippen LogP contribution in [0.1, 0.15) is 0 Å². The van der Waals surface area contributed by atoms with Crippen molar-refractivity contribution in [3.05, 3.63) is 58.9 Å². The fraction of sp³-hybridized carbons (Fsp3) is 0.263. The monoisotopic (exact) mass is 419 g/mol. The fourth-order valence-electron chi connectivity index (χ4n) is 2.54. The molecule has 2 aromatic carbocycles. The zero-order valence-corrected chi connectivity index (χ0v) is 17.5. The minimum absolute atomic E-state index is 0.0771. The molecule has 0 aliphatic rings. The predicted molar refractivity (Wildman–Crippen MR) is 111 cm³/mol. The number of ether oxygens (including phenoxy) is 1. The summed E-state index contributed by atoms with van der Waals surface area (Å²) in [5.74, 6) is 1.18. The minimum atomic E-state index is -3.45. The summed E-state index contributed by atoms with van der Waals surface area (Å²) in [5.41, 5.74) is 0.596. The molecule has 0 radical (unpaired) electrons. The summed E-state index contributed by atoms with van der Waals surface area (Å²) < 4.78 is 32.5. The zero-order valence-electron chi connectivity index (χ0n) is 15.8. The Morgan fingerprint density at radius 2 is 1.79 bits per heavy atom. The van der Waals surface area contributed by atoms with Crippen LogP contribution in [0.2, 0.25) is 0 Å². The maximum atomic E-state index is 12.4. The summed E-state index contributed by atoms with van der Waals surface area (Å²) in [4.78, 5) is 17.1. The van der Waals surface area contributed by atoms with Crippen molar-refractivity contribution >= 4 is 32.7 Å². The summed E-state index contributed by atoms with van der Waals surface area (Å²) in [5, 5.41) is 1.22. The molecular formula is C19H21N3O4S2. The normalized spacial score (nSPS) is 11.9. The van der Waals surface area contributed by atoms with E-state index in [1.165, 1.54) is 46.9 Å². The van der Waals surface area contributed by atoms with Crippen LogP contribution < -0.4 is 10.3 Å². The number of sulfonamides is 1. The van der Waals surface area contributed by atoms with Gasteiger partial charge in [-0.2, -0.15) is 0 Å². The molecule has 0 fully saturated rings. The van der Waals surface area contributed by atoms with E-state index in [0.29, 0.717) is 34.2 Å². The molecular weight excluding hydrogens is 398 g/mol. The quantitative estimate of drug-likeness (QED) is 0.332. The van der Waals surface area contributed by atoms with Crippen molar-refractivity contribution in [2.45, 2.75) is 10.1 Å². The first kappa shape index (κ1) is 20.4. The molecule has 0 atom stereocenters. The highest BCUT2D eigenvalue weighted by Gasteiger charge is 2.16. The number of fused-ring (bicyclic) bond motifs is 1. The molecule has 0 saturated carbocycles. The van der Waals surface area contributed by atoms with Crippen LogP contribution in [0.15, 0.2) is 63.4 Å². The van der Waals surface area contributed by atoms with Crippen molar-refractivity contribution in [3.63, 3.8) is 0 Å². The van der Waals surface area contributed by atoms with Gasteiger partial charge in [0.2, 0.25) is 10.0 Å². The molecule has 7 nitrogen and oxygen atoms in total. The number of thioether (sulfide) groups is 1. The highest BCUT2D eigenvalue weighted by Crippen LogP contribution is 2.20. The van der Waals surface area contributed by atoms with E-state index in [4.69, 9.17) is 4.74 Å². The molecule has 3 aromatic rings. The molecule has 148 valence electrons. The number of aromatic nitrogens is 2. The van der Waals surface area contributed by atoms with Gasteiger partial charge in [0.25, 0.3) is 5.56 Å². The van der Waals surface area contributed by atoms with Gasteiger partial charge in [0.1, 0.15) is 5.75 Å². The lowest BCUT2D eigenvalue weighted by Gasteiger charge is -2.12. The summed E-state index contributed by atoms with van der Waals surface area (Å²) in [6.45, 7) is 0.396. The smallest absolute Gasteiger partial charge is 0.261 e. The van der Waals surface area contributed by atoms with Crippen LogP contribution >= 0.6 is 11.8 Å². The second kappa shape index (κ2) is 8.34. The van der Waals surface area contributed by atoms with Crippen molar-refractivity contribution < 1.29 is 13.2 Å². The van der Waals surface area contributed by atoms with E-state index in [0.717, 1.165) is 0 Å². The lowest BCUT2D eigenvalue weighted by molar-refractivity contribution is 0.343. The second-order valence-corrected chi connectivity index (χ2v) is 9.45. The van der Waals surface area contributed by atoms with E-state index in [1.54, 1.807) is 25.2 Å². The lowest BCUT2D eigenvalue weighted by atomic mass is 10.2. The topological polar surface area (TPSA) is 81.5 Å². The van der Waals surface area contributed by atoms with Gasteiger partial charge in [-0.3, -0.25) is 9.36 Å². The van der Waals surface area contributed by atoms with E-state index < -0.39 is 10.0 Å². The summed E-state index contributed by atoms with van der Waals surface area (Å²) in [6.07, 6.45) is 0. The molecule has 0 N–H and O–H groups in total. The van der Waals surface area contributed by atoms with Crippen LogP contribution in [-0.4, -0.2) is 48.7 Å². The number of hydrogen-bond acceptors (Lipinski definition) is 6. The fourth-order valence-corrected chi connectivity index (χ4v) is 4.23. The van der Waals surface area contributed by atoms with Crippen LogP contribution in [-0.2, 0) is 17.1 Å². The molecule has 28 heavy (non-hydrogen) atoms. The Balaban J connectivity index is 1.61. The van der Waals surface area contributed by atoms with Gasteiger partial charge < -0.3 is 4.74 Å². The van der Waals surface area contributed by atoms with Crippen LogP contribution in [0.25, 0.3) is 10.9 Å². The van der Waals surface area contributed by atoms with Gasteiger partial charge in [-0.15, -0.1) is 0 Å². The summed E-state index contributed by atoms with van der Waals surface area (Å²) >= 11 is 1.43. The standard InChI is InChI=1S/C19H21N3O4S2/c1-21(2)28(24,25)15-10-8-14(9-11-15)26-12-13-27-19-20-17-7-5-4-6-16(17)18(23)22(19)3/h4-11H,12-13H2,1-3H3. The third-order valence-electron chi connectivity index (χ3n) is 4.13. The Hall–Kier alpha value is -2.36. The Bertz CT molecular complexity index is 1140. The van der Waals surface area contributed by atoms with Gasteiger partial charge in [0, 0.05) is 26.9 Å². The maximum absolute atomic E-state index is 12.4. The average molecular weight is 420 g/mol. The van der Waals surface area contributed by atoms with Gasteiger partial charge in [0.15, 0.2) is 5.16 Å². The first-order valence-corrected chi connectivity index (χ1v) is 11.0. The van der Waals surface area contributed by atoms with Crippen molar-refractivity contribution in [1.82, 2.24) is 13.9 Å². The van der Waals surface area contributed by atoms with Crippen molar-refractivity contribution in [2.24, 2.45) is 7.05 Å². The summed E-state index contributed by atoms with van der Waals surface area (Å²) in [6, 6.07) is 13.6. The van der Waals surface area contributed by atoms with Gasteiger partial charge in [-0.1, -0.05) is 23.9 Å². The number of hydrogen-bond donors (Lipinski definition) is 0. The van der Waals surface area contributed by atoms with E-state index in [1.807, 2.05) is 18.2 Å². The van der Waals surface area contributed by atoms with Crippen molar-refractivity contribution in [1.29, 1.82) is 0 Å². The van der Waals surface area contributed by atoms with Gasteiger partial charge in [0.05, 0.1) is 22.4 Å².